The summed E-state index contributed by atoms with van der Waals surface area (Å²) < 4.78 is 0. The highest BCUT2D eigenvalue weighted by Crippen LogP contribution is 2.47. The van der Waals surface area contributed by atoms with Gasteiger partial charge < -0.3 is 0 Å². The van der Waals surface area contributed by atoms with E-state index in [-0.39, 0.29) is 0 Å². The van der Waals surface area contributed by atoms with Gasteiger partial charge in [-0.05, 0) is 68.5 Å². The summed E-state index contributed by atoms with van der Waals surface area (Å²) in [5.74, 6) is 1.07. The molecule has 0 nitrogen and oxygen atoms in total. The Morgan fingerprint density at radius 1 is 0.500 bits per heavy atom. The zero-order chi connectivity index (χ0) is 18.5. The maximum atomic E-state index is 2.39. The largest absolute Gasteiger partial charge is 0.0833 e. The number of fused-ring (bicyclic) bond motifs is 6. The van der Waals surface area contributed by atoms with Gasteiger partial charge in [-0.1, -0.05) is 97.1 Å². The molecule has 2 unspecified atom stereocenters. The molecule has 0 heteroatoms. The first-order valence-electron chi connectivity index (χ1n) is 10.3. The van der Waals surface area contributed by atoms with Gasteiger partial charge in [0.1, 0.15) is 0 Å². The van der Waals surface area contributed by atoms with Gasteiger partial charge in [0.2, 0.25) is 0 Å². The van der Waals surface area contributed by atoms with E-state index in [1.54, 1.807) is 0 Å². The Balaban J connectivity index is 1.53. The van der Waals surface area contributed by atoms with Crippen molar-refractivity contribution in [3.63, 3.8) is 0 Å². The summed E-state index contributed by atoms with van der Waals surface area (Å²) in [7, 11) is 0. The van der Waals surface area contributed by atoms with E-state index >= 15 is 0 Å². The number of hydrogen-bond acceptors (Lipinski definition) is 0. The Bertz CT molecular complexity index is 1170. The summed E-state index contributed by atoms with van der Waals surface area (Å²) >= 11 is 0. The fraction of sp³-hybridized carbons (Fsp3) is 0.143. The molecule has 0 spiro atoms. The Hall–Kier alpha value is -3.12. The average Bonchev–Trinajstić information content (AvgIpc) is 2.78. The Morgan fingerprint density at radius 3 is 1.46 bits per heavy atom. The molecule has 0 bridgehead atoms. The number of allylic oxidation sites excluding steroid dienone is 2. The molecule has 0 fully saturated rings. The average molecular weight is 358 g/mol. The summed E-state index contributed by atoms with van der Waals surface area (Å²) in [6.45, 7) is 0. The van der Waals surface area contributed by atoms with Gasteiger partial charge in [-0.25, -0.2) is 0 Å². The first kappa shape index (κ1) is 15.9. The summed E-state index contributed by atoms with van der Waals surface area (Å²) in [5.41, 5.74) is 5.87. The lowest BCUT2D eigenvalue weighted by molar-refractivity contribution is 0.541. The normalized spacial score (nSPS) is 20.3. The van der Waals surface area contributed by atoms with E-state index < -0.39 is 0 Å². The first-order chi connectivity index (χ1) is 13.9. The lowest BCUT2D eigenvalue weighted by Crippen LogP contribution is -2.16. The molecule has 28 heavy (non-hydrogen) atoms. The van der Waals surface area contributed by atoms with Crippen LogP contribution in [-0.4, -0.2) is 0 Å². The van der Waals surface area contributed by atoms with Gasteiger partial charge in [-0.2, -0.15) is 0 Å². The van der Waals surface area contributed by atoms with Crippen molar-refractivity contribution in [1.82, 2.24) is 0 Å². The van der Waals surface area contributed by atoms with Gasteiger partial charge in [0.25, 0.3) is 0 Å². The molecule has 2 aliphatic rings. The monoisotopic (exact) mass is 358 g/mol. The standard InChI is InChI=1S/C28H22/c1-3-9-21-19(7-1)15-17-27-23(21)11-5-13-25(27)26-14-6-12-24-22-10-4-2-8-20(22)16-18-28(24)26/h1-12,15-18,25-26H,13-14H2. The van der Waals surface area contributed by atoms with Crippen molar-refractivity contribution in [2.24, 2.45) is 0 Å². The third-order valence-corrected chi connectivity index (χ3v) is 6.64. The van der Waals surface area contributed by atoms with E-state index in [2.05, 4.69) is 97.1 Å². The molecule has 2 atom stereocenters. The molecule has 2 aliphatic carbocycles. The van der Waals surface area contributed by atoms with Crippen LogP contribution >= 0.6 is 0 Å². The molecule has 6 rings (SSSR count). The van der Waals surface area contributed by atoms with Crippen LogP contribution < -0.4 is 0 Å². The number of hydrogen-bond donors (Lipinski definition) is 0. The molecule has 0 heterocycles. The quantitative estimate of drug-likeness (QED) is 0.327. The molecule has 4 aromatic rings. The van der Waals surface area contributed by atoms with Crippen molar-refractivity contribution in [2.45, 2.75) is 24.7 Å². The first-order valence-corrected chi connectivity index (χ1v) is 10.3. The number of benzene rings is 4. The zero-order valence-corrected chi connectivity index (χ0v) is 15.8. The van der Waals surface area contributed by atoms with Gasteiger partial charge in [0.05, 0.1) is 0 Å². The molecular formula is C28H22. The van der Waals surface area contributed by atoms with E-state index in [9.17, 15) is 0 Å². The van der Waals surface area contributed by atoms with Gasteiger partial charge in [-0.3, -0.25) is 0 Å². The highest BCUT2D eigenvalue weighted by Gasteiger charge is 2.30. The van der Waals surface area contributed by atoms with Gasteiger partial charge in [-0.15, -0.1) is 0 Å². The van der Waals surface area contributed by atoms with Crippen molar-refractivity contribution >= 4 is 33.7 Å². The summed E-state index contributed by atoms with van der Waals surface area (Å²) in [5, 5.41) is 5.43. The van der Waals surface area contributed by atoms with Crippen molar-refractivity contribution in [1.29, 1.82) is 0 Å². The highest BCUT2D eigenvalue weighted by atomic mass is 14.3. The van der Waals surface area contributed by atoms with Crippen LogP contribution in [0.5, 0.6) is 0 Å². The smallest absolute Gasteiger partial charge is 0.00491 e. The third-order valence-electron chi connectivity index (χ3n) is 6.64. The lowest BCUT2D eigenvalue weighted by Gasteiger charge is -2.33. The van der Waals surface area contributed by atoms with Crippen molar-refractivity contribution in [2.75, 3.05) is 0 Å². The Morgan fingerprint density at radius 2 is 0.964 bits per heavy atom. The van der Waals surface area contributed by atoms with Crippen LogP contribution in [0.1, 0.15) is 46.9 Å². The SMILES string of the molecule is C1=Cc2c(ccc3ccccc23)C(C2CC=Cc3c2ccc2ccccc32)C1. The molecule has 0 aromatic heterocycles. The number of rotatable bonds is 1. The summed E-state index contributed by atoms with van der Waals surface area (Å²) in [6, 6.07) is 26.9. The van der Waals surface area contributed by atoms with Gasteiger partial charge in [0, 0.05) is 0 Å². The molecule has 0 amide bonds. The predicted octanol–water partition coefficient (Wildman–Crippen LogP) is 7.69. The Labute approximate surface area is 165 Å². The van der Waals surface area contributed by atoms with Crippen molar-refractivity contribution in [3.05, 3.63) is 107 Å². The van der Waals surface area contributed by atoms with E-state index in [1.807, 2.05) is 0 Å². The Kier molecular flexibility index (Phi) is 3.52. The van der Waals surface area contributed by atoms with E-state index in [4.69, 9.17) is 0 Å². The minimum Gasteiger partial charge on any atom is -0.0833 e. The van der Waals surface area contributed by atoms with E-state index in [0.29, 0.717) is 11.8 Å². The minimum atomic E-state index is 0.537. The van der Waals surface area contributed by atoms with Crippen LogP contribution in [0.3, 0.4) is 0 Å². The maximum absolute atomic E-state index is 2.39. The molecule has 4 aromatic carbocycles. The fourth-order valence-corrected chi connectivity index (χ4v) is 5.32. The maximum Gasteiger partial charge on any atom is -0.00491 e. The van der Waals surface area contributed by atoms with Crippen molar-refractivity contribution in [3.8, 4) is 0 Å². The molecule has 0 N–H and O–H groups in total. The van der Waals surface area contributed by atoms with Crippen LogP contribution in [-0.2, 0) is 0 Å². The fourth-order valence-electron chi connectivity index (χ4n) is 5.32. The molecule has 0 radical (unpaired) electrons. The predicted molar refractivity (Wildman–Crippen MR) is 121 cm³/mol. The highest BCUT2D eigenvalue weighted by molar-refractivity contribution is 5.94. The molecule has 0 saturated heterocycles. The van der Waals surface area contributed by atoms with Crippen LogP contribution in [0.15, 0.2) is 84.9 Å². The van der Waals surface area contributed by atoms with Crippen LogP contribution in [0.2, 0.25) is 0 Å². The van der Waals surface area contributed by atoms with Crippen molar-refractivity contribution < 1.29 is 0 Å². The van der Waals surface area contributed by atoms with Crippen LogP contribution in [0, 0.1) is 0 Å². The van der Waals surface area contributed by atoms with Gasteiger partial charge >= 0.3 is 0 Å². The zero-order valence-electron chi connectivity index (χ0n) is 15.8. The van der Waals surface area contributed by atoms with Crippen LogP contribution in [0.25, 0.3) is 33.7 Å². The summed E-state index contributed by atoms with van der Waals surface area (Å²) in [6.07, 6.45) is 11.7. The topological polar surface area (TPSA) is 0 Å². The second-order valence-electron chi connectivity index (χ2n) is 8.07. The third kappa shape index (κ3) is 2.31. The summed E-state index contributed by atoms with van der Waals surface area (Å²) in [4.78, 5) is 0. The van der Waals surface area contributed by atoms with Gasteiger partial charge in [0.15, 0.2) is 0 Å². The van der Waals surface area contributed by atoms with Crippen LogP contribution in [0.4, 0.5) is 0 Å². The van der Waals surface area contributed by atoms with E-state index in [1.165, 1.54) is 43.8 Å². The molecule has 134 valence electrons. The molecule has 0 saturated carbocycles. The van der Waals surface area contributed by atoms with E-state index in [0.717, 1.165) is 12.8 Å². The lowest BCUT2D eigenvalue weighted by atomic mass is 9.70. The minimum absolute atomic E-state index is 0.537. The molecule has 0 aliphatic heterocycles. The second-order valence-corrected chi connectivity index (χ2v) is 8.07. The molecular weight excluding hydrogens is 336 g/mol. The second kappa shape index (κ2) is 6.21.